The molecule has 0 aliphatic carbocycles. The quantitative estimate of drug-likeness (QED) is 0.158. The van der Waals surface area contributed by atoms with Crippen molar-refractivity contribution in [3.05, 3.63) is 162 Å². The largest absolute Gasteiger partial charge is 0.473 e. The highest BCUT2D eigenvalue weighted by molar-refractivity contribution is 6.02. The van der Waals surface area contributed by atoms with Gasteiger partial charge in [0.25, 0.3) is 0 Å². The van der Waals surface area contributed by atoms with Gasteiger partial charge in [-0.2, -0.15) is 0 Å². The van der Waals surface area contributed by atoms with Crippen molar-refractivity contribution < 1.29 is 14.3 Å². The van der Waals surface area contributed by atoms with Crippen LogP contribution in [0.1, 0.15) is 35.6 Å². The lowest BCUT2D eigenvalue weighted by molar-refractivity contribution is -0.141. The van der Waals surface area contributed by atoms with Crippen LogP contribution < -0.4 is 4.74 Å². The molecule has 3 aromatic heterocycles. The number of rotatable bonds is 7. The van der Waals surface area contributed by atoms with Crippen molar-refractivity contribution in [2.45, 2.75) is 12.8 Å². The average Bonchev–Trinajstić information content (AvgIpc) is 4.12. The Kier molecular flexibility index (Phi) is 8.49. The molecule has 8 bridgehead atoms. The van der Waals surface area contributed by atoms with Crippen LogP contribution >= 0.6 is 0 Å². The van der Waals surface area contributed by atoms with E-state index in [-0.39, 0.29) is 31.4 Å². The summed E-state index contributed by atoms with van der Waals surface area (Å²) in [7, 11) is 0. The van der Waals surface area contributed by atoms with Crippen LogP contribution in [0.5, 0.6) is 5.75 Å². The lowest BCUT2D eigenvalue weighted by Crippen LogP contribution is -2.32. The maximum absolute atomic E-state index is 12.2. The molecule has 274 valence electrons. The van der Waals surface area contributed by atoms with Gasteiger partial charge in [-0.25, -0.2) is 14.9 Å². The molecular formula is C49H35N5O3. The zero-order chi connectivity index (χ0) is 38.3. The van der Waals surface area contributed by atoms with E-state index in [1.54, 1.807) is 0 Å². The van der Waals surface area contributed by atoms with Crippen molar-refractivity contribution in [1.82, 2.24) is 24.8 Å². The van der Waals surface area contributed by atoms with E-state index in [1.807, 2.05) is 66.7 Å². The van der Waals surface area contributed by atoms with Gasteiger partial charge in [0.15, 0.2) is 6.73 Å². The predicted molar refractivity (Wildman–Crippen MR) is 227 cm³/mol. The van der Waals surface area contributed by atoms with Crippen molar-refractivity contribution in [3.63, 3.8) is 0 Å². The zero-order valence-electron chi connectivity index (χ0n) is 30.8. The summed E-state index contributed by atoms with van der Waals surface area (Å²) in [4.78, 5) is 43.8. The fraction of sp³-hybridized carbons (Fsp3) is 0.0612. The Hall–Kier alpha value is -7.58. The van der Waals surface area contributed by atoms with Crippen LogP contribution in [-0.2, 0) is 9.59 Å². The number of carbonyl (C=O) groups excluding carboxylic acids is 2. The third-order valence-corrected chi connectivity index (χ3v) is 10.6. The van der Waals surface area contributed by atoms with Gasteiger partial charge in [0.1, 0.15) is 5.75 Å². The minimum Gasteiger partial charge on any atom is -0.473 e. The molecule has 57 heavy (non-hydrogen) atoms. The van der Waals surface area contributed by atoms with Crippen LogP contribution in [0.3, 0.4) is 0 Å². The van der Waals surface area contributed by atoms with Gasteiger partial charge in [-0.3, -0.25) is 9.59 Å². The smallest absolute Gasteiger partial charge is 0.232 e. The molecule has 8 nitrogen and oxygen atoms in total. The number of fused-ring (bicyclic) bond motifs is 8. The molecule has 0 saturated carbocycles. The third kappa shape index (κ3) is 6.33. The van der Waals surface area contributed by atoms with Gasteiger partial charge < -0.3 is 14.7 Å². The number of benzene rings is 4. The van der Waals surface area contributed by atoms with Gasteiger partial charge in [0.05, 0.1) is 22.8 Å². The van der Waals surface area contributed by atoms with Crippen molar-refractivity contribution in [2.75, 3.05) is 6.73 Å². The van der Waals surface area contributed by atoms with Gasteiger partial charge in [0.2, 0.25) is 11.8 Å². The Labute approximate surface area is 328 Å². The number of nitrogens with zero attached hydrogens (tertiary/aromatic N) is 3. The molecule has 6 heterocycles. The molecule has 4 aromatic carbocycles. The van der Waals surface area contributed by atoms with Crippen molar-refractivity contribution >= 4 is 58.2 Å². The van der Waals surface area contributed by atoms with E-state index in [0.29, 0.717) is 5.75 Å². The third-order valence-electron chi connectivity index (χ3n) is 10.6. The summed E-state index contributed by atoms with van der Waals surface area (Å²) < 4.78 is 5.91. The summed E-state index contributed by atoms with van der Waals surface area (Å²) in [5.74, 6) is 0.126. The minimum atomic E-state index is -0.212. The first kappa shape index (κ1) is 33.9. The fourth-order valence-electron chi connectivity index (χ4n) is 7.86. The second kappa shape index (κ2) is 14.2. The number of amides is 2. The lowest BCUT2D eigenvalue weighted by atomic mass is 10.0. The first-order valence-corrected chi connectivity index (χ1v) is 19.0. The molecule has 0 radical (unpaired) electrons. The number of aromatic amines is 2. The van der Waals surface area contributed by atoms with E-state index in [4.69, 9.17) is 14.7 Å². The van der Waals surface area contributed by atoms with Crippen LogP contribution in [-0.4, -0.2) is 43.4 Å². The lowest BCUT2D eigenvalue weighted by Gasteiger charge is -2.15. The molecule has 7 aromatic rings. The predicted octanol–water partition coefficient (Wildman–Crippen LogP) is 10.8. The van der Waals surface area contributed by atoms with Crippen LogP contribution in [0.4, 0.5) is 0 Å². The number of hydrogen-bond acceptors (Lipinski definition) is 5. The number of hydrogen-bond donors (Lipinski definition) is 2. The summed E-state index contributed by atoms with van der Waals surface area (Å²) in [5, 5.41) is 0. The SMILES string of the molecule is O=C1CCC(=O)N1COc1ccc(-c2c3nc(c(-c4ccccc4)c4ccc([nH]4)c(-c4ccccc4)c4nc(c(-c5ccccc5)c5ccc2[nH]5)C=C4)C=C3)cc1. The molecule has 0 spiro atoms. The molecule has 0 atom stereocenters. The fourth-order valence-corrected chi connectivity index (χ4v) is 7.86. The van der Waals surface area contributed by atoms with Crippen molar-refractivity contribution in [3.8, 4) is 50.3 Å². The standard InChI is InChI=1S/C49H35N5O3/c55-44-28-29-45(56)54(44)30-57-35-18-16-34(17-19-35)49-42-26-24-40(52-42)47(32-12-6-2-7-13-32)38-22-20-36(50-38)46(31-10-4-1-5-11-31)37-21-23-39(51-37)48(33-14-8-3-9-15-33)41-25-27-43(49)53-41/h1-27,50,53H,28-30H2. The highest BCUT2D eigenvalue weighted by Gasteiger charge is 2.29. The Morgan fingerprint density at radius 1 is 0.439 bits per heavy atom. The van der Waals surface area contributed by atoms with Gasteiger partial charge in [-0.05, 0) is 83.0 Å². The van der Waals surface area contributed by atoms with Crippen LogP contribution in [0, 0.1) is 0 Å². The Balaban J connectivity index is 1.25. The number of ether oxygens (including phenoxy) is 1. The molecule has 1 saturated heterocycles. The molecule has 2 amide bonds. The van der Waals surface area contributed by atoms with E-state index in [1.165, 1.54) is 4.90 Å². The topological polar surface area (TPSA) is 104 Å². The van der Waals surface area contributed by atoms with Gasteiger partial charge in [0, 0.05) is 57.2 Å². The number of H-pyrrole nitrogens is 2. The summed E-state index contributed by atoms with van der Waals surface area (Å²) in [5.41, 5.74) is 14.9. The maximum atomic E-state index is 12.2. The molecule has 10 rings (SSSR count). The molecule has 0 unspecified atom stereocenters. The van der Waals surface area contributed by atoms with Crippen LogP contribution in [0.25, 0.3) is 90.9 Å². The maximum Gasteiger partial charge on any atom is 0.232 e. The van der Waals surface area contributed by atoms with Gasteiger partial charge in [-0.15, -0.1) is 0 Å². The van der Waals surface area contributed by atoms with Gasteiger partial charge >= 0.3 is 0 Å². The zero-order valence-corrected chi connectivity index (χ0v) is 30.8. The molecule has 1 fully saturated rings. The van der Waals surface area contributed by atoms with Crippen molar-refractivity contribution in [1.29, 1.82) is 0 Å². The Morgan fingerprint density at radius 2 is 0.772 bits per heavy atom. The minimum absolute atomic E-state index is 0.111. The summed E-state index contributed by atoms with van der Waals surface area (Å²) in [6, 6.07) is 47.2. The average molecular weight is 742 g/mol. The Morgan fingerprint density at radius 3 is 1.12 bits per heavy atom. The molecule has 3 aliphatic heterocycles. The normalized spacial score (nSPS) is 13.4. The number of likely N-dealkylation sites (tertiary alicyclic amines) is 1. The molecular weight excluding hydrogens is 707 g/mol. The summed E-state index contributed by atoms with van der Waals surface area (Å²) >= 11 is 0. The first-order valence-electron chi connectivity index (χ1n) is 19.0. The second-order valence-corrected chi connectivity index (χ2v) is 14.1. The van der Waals surface area contributed by atoms with Crippen LogP contribution in [0.15, 0.2) is 140 Å². The number of carbonyl (C=O) groups is 2. The monoisotopic (exact) mass is 741 g/mol. The molecule has 8 heteroatoms. The molecule has 2 N–H and O–H groups in total. The van der Waals surface area contributed by atoms with E-state index in [0.717, 1.165) is 89.4 Å². The highest BCUT2D eigenvalue weighted by Crippen LogP contribution is 2.38. The first-order chi connectivity index (χ1) is 28.1. The molecule has 3 aliphatic rings. The van der Waals surface area contributed by atoms with E-state index in [2.05, 4.69) is 107 Å². The van der Waals surface area contributed by atoms with E-state index in [9.17, 15) is 9.59 Å². The Bertz CT molecular complexity index is 2870. The van der Waals surface area contributed by atoms with E-state index >= 15 is 0 Å². The van der Waals surface area contributed by atoms with Gasteiger partial charge in [-0.1, -0.05) is 103 Å². The number of aromatic nitrogens is 4. The van der Waals surface area contributed by atoms with Crippen LogP contribution in [0.2, 0.25) is 0 Å². The second-order valence-electron chi connectivity index (χ2n) is 14.1. The summed E-state index contributed by atoms with van der Waals surface area (Å²) in [6.45, 7) is -0.111. The summed E-state index contributed by atoms with van der Waals surface area (Å²) in [6.07, 6.45) is 8.79. The number of imide groups is 1. The van der Waals surface area contributed by atoms with E-state index < -0.39 is 0 Å². The number of nitrogens with one attached hydrogen (secondary N) is 2. The highest BCUT2D eigenvalue weighted by atomic mass is 16.5. The van der Waals surface area contributed by atoms with Crippen molar-refractivity contribution in [2.24, 2.45) is 0 Å².